The molecule has 1 atom stereocenters. The van der Waals surface area contributed by atoms with Crippen LogP contribution < -0.4 is 0 Å². The maximum atomic E-state index is 14.0. The van der Waals surface area contributed by atoms with Gasteiger partial charge in [-0.15, -0.1) is 0 Å². The molecule has 0 radical (unpaired) electrons. The minimum atomic E-state index is -1.12. The highest BCUT2D eigenvalue weighted by molar-refractivity contribution is 5.88. The van der Waals surface area contributed by atoms with E-state index in [1.807, 2.05) is 24.3 Å². The number of carbonyl (C=O) groups is 1. The van der Waals surface area contributed by atoms with Gasteiger partial charge in [0.05, 0.1) is 5.56 Å². The molecular weight excluding hydrogens is 255 g/mol. The molecule has 2 rings (SSSR count). The summed E-state index contributed by atoms with van der Waals surface area (Å²) in [4.78, 5) is 10.8. The average Bonchev–Trinajstić information content (AvgIpc) is 2.46. The highest BCUT2D eigenvalue weighted by Gasteiger charge is 2.10. The zero-order valence-electron chi connectivity index (χ0n) is 11.6. The summed E-state index contributed by atoms with van der Waals surface area (Å²) in [5, 5.41) is 8.83. The lowest BCUT2D eigenvalue weighted by molar-refractivity contribution is 0.0696. The molecule has 0 heterocycles. The summed E-state index contributed by atoms with van der Waals surface area (Å²) in [5.41, 5.74) is 2.36. The molecule has 0 saturated heterocycles. The van der Waals surface area contributed by atoms with E-state index in [9.17, 15) is 9.18 Å². The van der Waals surface area contributed by atoms with E-state index in [4.69, 9.17) is 5.11 Å². The van der Waals surface area contributed by atoms with Crippen molar-refractivity contribution in [2.45, 2.75) is 26.2 Å². The Bertz CT molecular complexity index is 617. The highest BCUT2D eigenvalue weighted by Crippen LogP contribution is 2.26. The Balaban J connectivity index is 2.34. The molecule has 0 aliphatic heterocycles. The summed E-state index contributed by atoms with van der Waals surface area (Å²) in [6, 6.07) is 11.7. The van der Waals surface area contributed by atoms with Gasteiger partial charge in [-0.2, -0.15) is 0 Å². The summed E-state index contributed by atoms with van der Waals surface area (Å²) in [6.45, 7) is 4.28. The first-order valence-corrected chi connectivity index (χ1v) is 6.66. The quantitative estimate of drug-likeness (QED) is 0.875. The number of aromatic carboxylic acids is 1. The van der Waals surface area contributed by atoms with Crippen molar-refractivity contribution in [3.05, 3.63) is 59.4 Å². The van der Waals surface area contributed by atoms with Gasteiger partial charge in [0.2, 0.25) is 0 Å². The Hall–Kier alpha value is -2.16. The molecule has 0 aromatic heterocycles. The smallest absolute Gasteiger partial charge is 0.335 e. The molecule has 2 nitrogen and oxygen atoms in total. The summed E-state index contributed by atoms with van der Waals surface area (Å²) in [5.74, 6) is -1.16. The SMILES string of the molecule is CCC(C)c1ccc(-c2ccc(C(=O)O)cc2F)cc1. The van der Waals surface area contributed by atoms with Crippen molar-refractivity contribution >= 4 is 5.97 Å². The second kappa shape index (κ2) is 5.87. The zero-order chi connectivity index (χ0) is 14.7. The lowest BCUT2D eigenvalue weighted by Gasteiger charge is -2.10. The van der Waals surface area contributed by atoms with E-state index in [2.05, 4.69) is 13.8 Å². The molecule has 1 unspecified atom stereocenters. The first kappa shape index (κ1) is 14.3. The summed E-state index contributed by atoms with van der Waals surface area (Å²) in [7, 11) is 0. The number of hydrogen-bond donors (Lipinski definition) is 1. The minimum Gasteiger partial charge on any atom is -0.478 e. The molecule has 0 spiro atoms. The van der Waals surface area contributed by atoms with Crippen molar-refractivity contribution in [2.24, 2.45) is 0 Å². The fourth-order valence-electron chi connectivity index (χ4n) is 2.11. The van der Waals surface area contributed by atoms with Gasteiger partial charge < -0.3 is 5.11 Å². The predicted molar refractivity (Wildman–Crippen MR) is 77.5 cm³/mol. The van der Waals surface area contributed by atoms with Crippen LogP contribution in [0.1, 0.15) is 42.1 Å². The second-order valence-electron chi connectivity index (χ2n) is 4.93. The standard InChI is InChI=1S/C17H17FO2/c1-3-11(2)12-4-6-13(7-5-12)15-9-8-14(17(19)20)10-16(15)18/h4-11H,3H2,1-2H3,(H,19,20). The first-order valence-electron chi connectivity index (χ1n) is 6.66. The van der Waals surface area contributed by atoms with Gasteiger partial charge in [-0.1, -0.05) is 44.2 Å². The second-order valence-corrected chi connectivity index (χ2v) is 4.93. The zero-order valence-corrected chi connectivity index (χ0v) is 11.6. The van der Waals surface area contributed by atoms with Crippen molar-refractivity contribution in [1.29, 1.82) is 0 Å². The van der Waals surface area contributed by atoms with Crippen LogP contribution in [0, 0.1) is 5.82 Å². The first-order chi connectivity index (χ1) is 9.52. The van der Waals surface area contributed by atoms with E-state index < -0.39 is 11.8 Å². The number of rotatable bonds is 4. The van der Waals surface area contributed by atoms with Crippen LogP contribution in [0.15, 0.2) is 42.5 Å². The predicted octanol–water partition coefficient (Wildman–Crippen LogP) is 4.70. The molecule has 0 saturated carbocycles. The Morgan fingerprint density at radius 1 is 1.20 bits per heavy atom. The van der Waals surface area contributed by atoms with Crippen molar-refractivity contribution in [3.63, 3.8) is 0 Å². The number of benzene rings is 2. The molecule has 0 fully saturated rings. The lowest BCUT2D eigenvalue weighted by Crippen LogP contribution is -1.98. The normalized spacial score (nSPS) is 12.2. The Kier molecular flexibility index (Phi) is 4.18. The summed E-state index contributed by atoms with van der Waals surface area (Å²) < 4.78 is 14.0. The minimum absolute atomic E-state index is 0.0394. The fraction of sp³-hybridized carbons (Fsp3) is 0.235. The monoisotopic (exact) mass is 272 g/mol. The molecule has 0 aliphatic rings. The van der Waals surface area contributed by atoms with Crippen molar-refractivity contribution < 1.29 is 14.3 Å². The summed E-state index contributed by atoms with van der Waals surface area (Å²) in [6.07, 6.45) is 1.06. The maximum Gasteiger partial charge on any atom is 0.335 e. The van der Waals surface area contributed by atoms with Gasteiger partial charge in [-0.3, -0.25) is 0 Å². The van der Waals surface area contributed by atoms with E-state index in [1.165, 1.54) is 17.7 Å². The van der Waals surface area contributed by atoms with Crippen LogP contribution in [-0.4, -0.2) is 11.1 Å². The van der Waals surface area contributed by atoms with Gasteiger partial charge in [0.15, 0.2) is 0 Å². The largest absolute Gasteiger partial charge is 0.478 e. The van der Waals surface area contributed by atoms with Crippen LogP contribution in [0.5, 0.6) is 0 Å². The van der Waals surface area contributed by atoms with E-state index in [0.717, 1.165) is 18.1 Å². The van der Waals surface area contributed by atoms with Crippen LogP contribution in [-0.2, 0) is 0 Å². The van der Waals surface area contributed by atoms with Gasteiger partial charge in [0.1, 0.15) is 5.82 Å². The van der Waals surface area contributed by atoms with E-state index in [-0.39, 0.29) is 5.56 Å². The van der Waals surface area contributed by atoms with Crippen LogP contribution in [0.3, 0.4) is 0 Å². The van der Waals surface area contributed by atoms with E-state index >= 15 is 0 Å². The van der Waals surface area contributed by atoms with Crippen LogP contribution >= 0.6 is 0 Å². The lowest BCUT2D eigenvalue weighted by atomic mass is 9.95. The number of hydrogen-bond acceptors (Lipinski definition) is 1. The molecular formula is C17H17FO2. The fourth-order valence-corrected chi connectivity index (χ4v) is 2.11. The van der Waals surface area contributed by atoms with Gasteiger partial charge in [0, 0.05) is 5.56 Å². The van der Waals surface area contributed by atoms with Crippen molar-refractivity contribution in [3.8, 4) is 11.1 Å². The van der Waals surface area contributed by atoms with Crippen LogP contribution in [0.4, 0.5) is 4.39 Å². The van der Waals surface area contributed by atoms with Gasteiger partial charge in [-0.05, 0) is 35.6 Å². The number of carboxylic acids is 1. The molecule has 3 heteroatoms. The molecule has 2 aromatic rings. The van der Waals surface area contributed by atoms with Gasteiger partial charge in [0.25, 0.3) is 0 Å². The van der Waals surface area contributed by atoms with Crippen molar-refractivity contribution in [2.75, 3.05) is 0 Å². The molecule has 0 aliphatic carbocycles. The number of carboxylic acid groups (broad SMARTS) is 1. The Morgan fingerprint density at radius 3 is 2.35 bits per heavy atom. The Morgan fingerprint density at radius 2 is 1.85 bits per heavy atom. The van der Waals surface area contributed by atoms with Crippen molar-refractivity contribution in [1.82, 2.24) is 0 Å². The molecule has 20 heavy (non-hydrogen) atoms. The summed E-state index contributed by atoms with van der Waals surface area (Å²) >= 11 is 0. The maximum absolute atomic E-state index is 14.0. The topological polar surface area (TPSA) is 37.3 Å². The average molecular weight is 272 g/mol. The highest BCUT2D eigenvalue weighted by atomic mass is 19.1. The molecule has 104 valence electrons. The van der Waals surface area contributed by atoms with Gasteiger partial charge in [-0.25, -0.2) is 9.18 Å². The van der Waals surface area contributed by atoms with Crippen LogP contribution in [0.2, 0.25) is 0 Å². The van der Waals surface area contributed by atoms with Gasteiger partial charge >= 0.3 is 5.97 Å². The molecule has 2 aromatic carbocycles. The molecule has 1 N–H and O–H groups in total. The third-order valence-electron chi connectivity index (χ3n) is 3.62. The number of halogens is 1. The van der Waals surface area contributed by atoms with E-state index in [1.54, 1.807) is 0 Å². The van der Waals surface area contributed by atoms with Crippen LogP contribution in [0.25, 0.3) is 11.1 Å². The Labute approximate surface area is 117 Å². The third kappa shape index (κ3) is 2.87. The van der Waals surface area contributed by atoms with E-state index in [0.29, 0.717) is 11.5 Å². The molecule has 0 bridgehead atoms. The molecule has 0 amide bonds. The third-order valence-corrected chi connectivity index (χ3v) is 3.62.